The molecule has 0 amide bonds. The molecule has 74 heavy (non-hydrogen) atoms. The van der Waals surface area contributed by atoms with Gasteiger partial charge in [-0.05, 0) is 31.6 Å². The van der Waals surface area contributed by atoms with Crippen molar-refractivity contribution in [2.45, 2.75) is 284 Å². The number of carbonyl (C=O) groups is 4. The van der Waals surface area contributed by atoms with Gasteiger partial charge in [0.2, 0.25) is 0 Å². The third-order valence-electron chi connectivity index (χ3n) is 12.5. The molecule has 0 aliphatic carbocycles. The zero-order valence-corrected chi connectivity index (χ0v) is 48.7. The molecule has 438 valence electrons. The molecule has 0 saturated carbocycles. The fourth-order valence-electron chi connectivity index (χ4n) is 7.99. The topological polar surface area (TPSA) is 237 Å². The van der Waals surface area contributed by atoms with Crippen LogP contribution in [0.3, 0.4) is 0 Å². The first kappa shape index (κ1) is 72.1. The van der Waals surface area contributed by atoms with Crippen molar-refractivity contribution in [1.82, 2.24) is 0 Å². The van der Waals surface area contributed by atoms with Gasteiger partial charge >= 0.3 is 39.5 Å². The van der Waals surface area contributed by atoms with Crippen LogP contribution in [0.4, 0.5) is 0 Å². The van der Waals surface area contributed by atoms with Gasteiger partial charge in [0.25, 0.3) is 0 Å². The minimum absolute atomic E-state index is 0.104. The highest BCUT2D eigenvalue weighted by Crippen LogP contribution is 2.45. The van der Waals surface area contributed by atoms with Crippen LogP contribution in [0, 0.1) is 5.92 Å². The Morgan fingerprint density at radius 1 is 0.365 bits per heavy atom. The second kappa shape index (κ2) is 49.4. The number of unbranched alkanes of at least 4 members (excludes halogenated alkanes) is 27. The molecule has 0 heterocycles. The molecule has 0 saturated heterocycles. The fraction of sp³-hybridized carbons (Fsp3) is 0.927. The van der Waals surface area contributed by atoms with Gasteiger partial charge in [-0.3, -0.25) is 37.3 Å². The number of hydrogen-bond acceptors (Lipinski definition) is 15. The third kappa shape index (κ3) is 49.6. The van der Waals surface area contributed by atoms with E-state index >= 15 is 0 Å². The Labute approximate surface area is 447 Å². The second-order valence-electron chi connectivity index (χ2n) is 20.4. The summed E-state index contributed by atoms with van der Waals surface area (Å²) in [5.74, 6) is -1.44. The highest BCUT2D eigenvalue weighted by atomic mass is 31.2. The van der Waals surface area contributed by atoms with Crippen LogP contribution in [0.5, 0.6) is 0 Å². The van der Waals surface area contributed by atoms with Gasteiger partial charge < -0.3 is 33.8 Å². The number of hydrogen-bond donors (Lipinski definition) is 3. The second-order valence-corrected chi connectivity index (χ2v) is 23.4. The van der Waals surface area contributed by atoms with Crippen molar-refractivity contribution in [3.8, 4) is 0 Å². The van der Waals surface area contributed by atoms with Crippen LogP contribution in [0.25, 0.3) is 0 Å². The fourth-order valence-corrected chi connectivity index (χ4v) is 9.57. The van der Waals surface area contributed by atoms with Crippen molar-refractivity contribution in [1.29, 1.82) is 0 Å². The van der Waals surface area contributed by atoms with Crippen LogP contribution in [0.2, 0.25) is 0 Å². The van der Waals surface area contributed by atoms with Gasteiger partial charge in [0.15, 0.2) is 12.2 Å². The van der Waals surface area contributed by atoms with E-state index in [1.165, 1.54) is 64.2 Å². The van der Waals surface area contributed by atoms with Crippen LogP contribution >= 0.6 is 15.6 Å². The van der Waals surface area contributed by atoms with Gasteiger partial charge in [-0.15, -0.1) is 0 Å². The van der Waals surface area contributed by atoms with Gasteiger partial charge in [-0.2, -0.15) is 0 Å². The average Bonchev–Trinajstić information content (AvgIpc) is 3.36. The van der Waals surface area contributed by atoms with E-state index in [1.54, 1.807) is 0 Å². The van der Waals surface area contributed by atoms with Crippen molar-refractivity contribution in [3.63, 3.8) is 0 Å². The largest absolute Gasteiger partial charge is 0.472 e. The molecule has 2 unspecified atom stereocenters. The molecule has 17 nitrogen and oxygen atoms in total. The highest BCUT2D eigenvalue weighted by molar-refractivity contribution is 7.47. The molecule has 0 spiro atoms. The van der Waals surface area contributed by atoms with Gasteiger partial charge in [-0.1, -0.05) is 214 Å². The lowest BCUT2D eigenvalue weighted by Crippen LogP contribution is -2.30. The van der Waals surface area contributed by atoms with Gasteiger partial charge in [0.1, 0.15) is 19.3 Å². The van der Waals surface area contributed by atoms with E-state index in [4.69, 9.17) is 37.0 Å². The lowest BCUT2D eigenvalue weighted by atomic mass is 10.0. The molecular formula is C55H106O17P2. The molecule has 0 bridgehead atoms. The average molecular weight is 1100 g/mol. The SMILES string of the molecule is CCCCCCCCCCC(=O)OC[C@H](COP(=O)(O)OC[C@@H](O)COP(=O)(O)OC[C@@H](COC(=O)CCCCCCCCC)OC(=O)CCCCCCCCCC)OC(=O)CCCCCCCCCCC(C)C. The Balaban J connectivity index is 5.20. The van der Waals surface area contributed by atoms with Crippen LogP contribution < -0.4 is 0 Å². The zero-order chi connectivity index (χ0) is 55.0. The Morgan fingerprint density at radius 2 is 0.622 bits per heavy atom. The number of ether oxygens (including phenoxy) is 4. The van der Waals surface area contributed by atoms with E-state index in [0.29, 0.717) is 25.7 Å². The standard InChI is InChI=1S/C55H106O17P2/c1-6-9-12-15-18-24-29-34-39-53(58)66-45-51(72-55(60)41-36-31-26-21-20-23-27-32-37-48(4)5)47-70-74(63,64)68-43-49(56)42-67-73(61,62)69-46-50(44-65-52(57)38-33-28-22-17-14-11-8-3)71-54(59)40-35-30-25-19-16-13-10-7-2/h48-51,56H,6-47H2,1-5H3,(H,61,62)(H,63,64)/t49-,50+,51+/m0/s1. The minimum atomic E-state index is -4.93. The molecule has 0 radical (unpaired) electrons. The van der Waals surface area contributed by atoms with Crippen LogP contribution in [-0.4, -0.2) is 96.7 Å². The summed E-state index contributed by atoms with van der Waals surface area (Å²) in [4.78, 5) is 71.5. The van der Waals surface area contributed by atoms with Crippen LogP contribution in [-0.2, 0) is 65.4 Å². The summed E-state index contributed by atoms with van der Waals surface area (Å²) in [7, 11) is -9.86. The smallest absolute Gasteiger partial charge is 0.462 e. The van der Waals surface area contributed by atoms with Crippen LogP contribution in [0.15, 0.2) is 0 Å². The van der Waals surface area contributed by atoms with Crippen LogP contribution in [0.1, 0.15) is 266 Å². The predicted octanol–water partition coefficient (Wildman–Crippen LogP) is 14.3. The number of phosphoric acid groups is 2. The van der Waals surface area contributed by atoms with Crippen molar-refractivity contribution < 1.29 is 80.2 Å². The molecule has 0 rings (SSSR count). The lowest BCUT2D eigenvalue weighted by molar-refractivity contribution is -0.161. The summed E-state index contributed by atoms with van der Waals surface area (Å²) in [6, 6.07) is 0. The van der Waals surface area contributed by atoms with E-state index in [2.05, 4.69) is 34.6 Å². The van der Waals surface area contributed by atoms with Crippen molar-refractivity contribution in [2.24, 2.45) is 5.92 Å². The monoisotopic (exact) mass is 1100 g/mol. The maximum absolute atomic E-state index is 12.9. The highest BCUT2D eigenvalue weighted by Gasteiger charge is 2.30. The van der Waals surface area contributed by atoms with E-state index in [1.807, 2.05) is 0 Å². The number of aliphatic hydroxyl groups is 1. The minimum Gasteiger partial charge on any atom is -0.462 e. The number of esters is 4. The molecule has 0 aromatic rings. The zero-order valence-electron chi connectivity index (χ0n) is 47.0. The summed E-state index contributed by atoms with van der Waals surface area (Å²) in [5.41, 5.74) is 0. The lowest BCUT2D eigenvalue weighted by Gasteiger charge is -2.21. The molecule has 0 aliphatic heterocycles. The summed E-state index contributed by atoms with van der Waals surface area (Å²) in [6.45, 7) is 6.98. The maximum atomic E-state index is 12.9. The number of carbonyl (C=O) groups excluding carboxylic acids is 4. The summed E-state index contributed by atoms with van der Waals surface area (Å²) in [6.07, 6.45) is 29.6. The van der Waals surface area contributed by atoms with Gasteiger partial charge in [0, 0.05) is 25.7 Å². The quantitative estimate of drug-likeness (QED) is 0.0222. The summed E-state index contributed by atoms with van der Waals surface area (Å²) in [5, 5.41) is 10.5. The Hall–Kier alpha value is -1.94. The molecule has 0 aromatic carbocycles. The molecule has 0 aromatic heterocycles. The molecule has 3 N–H and O–H groups in total. The number of aliphatic hydroxyl groups excluding tert-OH is 1. The normalized spacial score (nSPS) is 14.5. The Bertz CT molecular complexity index is 1470. The molecule has 0 fully saturated rings. The van der Waals surface area contributed by atoms with E-state index < -0.39 is 97.5 Å². The van der Waals surface area contributed by atoms with E-state index in [-0.39, 0.29) is 25.7 Å². The van der Waals surface area contributed by atoms with Crippen molar-refractivity contribution in [2.75, 3.05) is 39.6 Å². The van der Waals surface area contributed by atoms with Crippen molar-refractivity contribution >= 4 is 39.5 Å². The first-order valence-electron chi connectivity index (χ1n) is 29.1. The first-order chi connectivity index (χ1) is 35.5. The number of rotatable bonds is 55. The maximum Gasteiger partial charge on any atom is 0.472 e. The summed E-state index contributed by atoms with van der Waals surface area (Å²) >= 11 is 0. The molecule has 19 heteroatoms. The van der Waals surface area contributed by atoms with E-state index in [9.17, 15) is 43.2 Å². The third-order valence-corrected chi connectivity index (χ3v) is 14.4. The first-order valence-corrected chi connectivity index (χ1v) is 32.1. The van der Waals surface area contributed by atoms with E-state index in [0.717, 1.165) is 121 Å². The summed E-state index contributed by atoms with van der Waals surface area (Å²) < 4.78 is 67.4. The van der Waals surface area contributed by atoms with Crippen molar-refractivity contribution in [3.05, 3.63) is 0 Å². The molecular weight excluding hydrogens is 995 g/mol. The van der Waals surface area contributed by atoms with Gasteiger partial charge in [0.05, 0.1) is 26.4 Å². The Kier molecular flexibility index (Phi) is 48.1. The molecule has 5 atom stereocenters. The Morgan fingerprint density at radius 3 is 0.919 bits per heavy atom. The predicted molar refractivity (Wildman–Crippen MR) is 289 cm³/mol. The number of phosphoric ester groups is 2. The molecule has 0 aliphatic rings. The van der Waals surface area contributed by atoms with Gasteiger partial charge in [-0.25, -0.2) is 9.13 Å².